The molecule has 0 bridgehead atoms. The second-order valence-electron chi connectivity index (χ2n) is 4.71. The van der Waals surface area contributed by atoms with Crippen molar-refractivity contribution in [1.29, 1.82) is 0 Å². The molecule has 0 aromatic carbocycles. The molecule has 2 N–H and O–H groups in total. The first-order valence-electron chi connectivity index (χ1n) is 6.50. The normalized spacial score (nSPS) is 18.4. The van der Waals surface area contributed by atoms with E-state index in [1.165, 1.54) is 11.3 Å². The molecule has 1 atom stereocenters. The van der Waals surface area contributed by atoms with Crippen molar-refractivity contribution in [2.45, 2.75) is 18.9 Å². The lowest BCUT2D eigenvalue weighted by atomic mass is 10.1. The van der Waals surface area contributed by atoms with E-state index < -0.39 is 11.9 Å². The molecule has 1 aliphatic heterocycles. The van der Waals surface area contributed by atoms with Crippen LogP contribution in [-0.2, 0) is 9.59 Å². The van der Waals surface area contributed by atoms with E-state index in [2.05, 4.69) is 10.6 Å². The summed E-state index contributed by atoms with van der Waals surface area (Å²) in [6.07, 6.45) is 4.29. The lowest BCUT2D eigenvalue weighted by Gasteiger charge is -2.21. The van der Waals surface area contributed by atoms with Crippen LogP contribution in [0.15, 0.2) is 36.0 Å². The number of carbonyl (C=O) groups is 3. The van der Waals surface area contributed by atoms with Gasteiger partial charge in [0.25, 0.3) is 5.91 Å². The molecule has 0 radical (unpaired) electrons. The maximum atomic E-state index is 12.3. The van der Waals surface area contributed by atoms with E-state index in [0.29, 0.717) is 12.0 Å². The van der Waals surface area contributed by atoms with E-state index in [1.807, 2.05) is 34.5 Å². The number of rotatable bonds is 3. The standard InChI is InChI=1S/C14H13N3O3S/c18-11-4-3-10(13(20)16-11)15-12(19)9-5-8-21-14(9)17-6-1-2-7-17/h1-2,5-8,10H,3-4H2,(H,15,19)(H,16,18,20). The Morgan fingerprint density at radius 1 is 1.33 bits per heavy atom. The predicted octanol–water partition coefficient (Wildman–Crippen LogP) is 1.07. The van der Waals surface area contributed by atoms with Crippen LogP contribution in [0, 0.1) is 0 Å². The average Bonchev–Trinajstić information content (AvgIpc) is 3.10. The number of aromatic nitrogens is 1. The van der Waals surface area contributed by atoms with Gasteiger partial charge in [0.05, 0.1) is 5.56 Å². The molecule has 1 saturated heterocycles. The molecular weight excluding hydrogens is 290 g/mol. The molecular formula is C14H13N3O3S. The van der Waals surface area contributed by atoms with Crippen LogP contribution in [0.1, 0.15) is 23.2 Å². The van der Waals surface area contributed by atoms with Gasteiger partial charge < -0.3 is 9.88 Å². The number of thiophene rings is 1. The number of hydrogen-bond acceptors (Lipinski definition) is 4. The molecule has 21 heavy (non-hydrogen) atoms. The third-order valence-corrected chi connectivity index (χ3v) is 4.20. The summed E-state index contributed by atoms with van der Waals surface area (Å²) in [5.74, 6) is -1.05. The van der Waals surface area contributed by atoms with Gasteiger partial charge in [0.2, 0.25) is 11.8 Å². The lowest BCUT2D eigenvalue weighted by Crippen LogP contribution is -2.52. The van der Waals surface area contributed by atoms with Crippen LogP contribution in [-0.4, -0.2) is 28.3 Å². The van der Waals surface area contributed by atoms with Crippen molar-refractivity contribution in [3.8, 4) is 5.00 Å². The molecule has 6 nitrogen and oxygen atoms in total. The highest BCUT2D eigenvalue weighted by Crippen LogP contribution is 2.22. The Kier molecular flexibility index (Phi) is 3.57. The number of hydrogen-bond donors (Lipinski definition) is 2. The first-order chi connectivity index (χ1) is 10.1. The molecule has 3 rings (SSSR count). The second kappa shape index (κ2) is 5.53. The van der Waals surface area contributed by atoms with Gasteiger partial charge in [-0.2, -0.15) is 0 Å². The van der Waals surface area contributed by atoms with Crippen molar-refractivity contribution in [2.75, 3.05) is 0 Å². The predicted molar refractivity (Wildman–Crippen MR) is 77.3 cm³/mol. The molecule has 108 valence electrons. The zero-order chi connectivity index (χ0) is 14.8. The number of carbonyl (C=O) groups excluding carboxylic acids is 3. The summed E-state index contributed by atoms with van der Waals surface area (Å²) in [5, 5.41) is 7.54. The summed E-state index contributed by atoms with van der Waals surface area (Å²) >= 11 is 1.45. The second-order valence-corrected chi connectivity index (χ2v) is 5.60. The van der Waals surface area contributed by atoms with Crippen molar-refractivity contribution in [2.24, 2.45) is 0 Å². The molecule has 1 aliphatic rings. The Morgan fingerprint density at radius 3 is 2.81 bits per heavy atom. The number of piperidine rings is 1. The Bertz CT molecular complexity index is 690. The summed E-state index contributed by atoms with van der Waals surface area (Å²) in [6.45, 7) is 0. The molecule has 3 amide bonds. The molecule has 1 fully saturated rings. The van der Waals surface area contributed by atoms with Crippen LogP contribution >= 0.6 is 11.3 Å². The first-order valence-corrected chi connectivity index (χ1v) is 7.38. The molecule has 0 saturated carbocycles. The van der Waals surface area contributed by atoms with Crippen molar-refractivity contribution >= 4 is 29.1 Å². The van der Waals surface area contributed by atoms with Gasteiger partial charge in [0, 0.05) is 18.8 Å². The minimum atomic E-state index is -0.660. The third-order valence-electron chi connectivity index (χ3n) is 3.27. The van der Waals surface area contributed by atoms with Crippen molar-refractivity contribution in [3.05, 3.63) is 41.5 Å². The van der Waals surface area contributed by atoms with Crippen LogP contribution in [0.25, 0.3) is 5.00 Å². The van der Waals surface area contributed by atoms with Crippen LogP contribution in [0.5, 0.6) is 0 Å². The highest BCUT2D eigenvalue weighted by atomic mass is 32.1. The van der Waals surface area contributed by atoms with Gasteiger partial charge in [-0.25, -0.2) is 0 Å². The average molecular weight is 303 g/mol. The number of amides is 3. The maximum absolute atomic E-state index is 12.3. The van der Waals surface area contributed by atoms with Gasteiger partial charge in [-0.05, 0) is 30.0 Å². The van der Waals surface area contributed by atoms with Crippen LogP contribution in [0.3, 0.4) is 0 Å². The van der Waals surface area contributed by atoms with Gasteiger partial charge >= 0.3 is 0 Å². The van der Waals surface area contributed by atoms with Crippen LogP contribution in [0.4, 0.5) is 0 Å². The van der Waals surface area contributed by atoms with Gasteiger partial charge in [-0.3, -0.25) is 19.7 Å². The molecule has 1 unspecified atom stereocenters. The van der Waals surface area contributed by atoms with Crippen molar-refractivity contribution in [1.82, 2.24) is 15.2 Å². The van der Waals surface area contributed by atoms with Crippen LogP contribution < -0.4 is 10.6 Å². The zero-order valence-corrected chi connectivity index (χ0v) is 11.9. The third kappa shape index (κ3) is 2.73. The fraction of sp³-hybridized carbons (Fsp3) is 0.214. The van der Waals surface area contributed by atoms with Gasteiger partial charge in [-0.15, -0.1) is 11.3 Å². The highest BCUT2D eigenvalue weighted by molar-refractivity contribution is 7.13. The summed E-state index contributed by atoms with van der Waals surface area (Å²) in [7, 11) is 0. The van der Waals surface area contributed by atoms with Gasteiger partial charge in [-0.1, -0.05) is 0 Å². The molecule has 3 heterocycles. The van der Waals surface area contributed by atoms with Crippen LogP contribution in [0.2, 0.25) is 0 Å². The minimum Gasteiger partial charge on any atom is -0.340 e. The van der Waals surface area contributed by atoms with Gasteiger partial charge in [0.1, 0.15) is 11.0 Å². The molecule has 0 spiro atoms. The van der Waals surface area contributed by atoms with E-state index in [0.717, 1.165) is 5.00 Å². The Hall–Kier alpha value is -2.41. The fourth-order valence-electron chi connectivity index (χ4n) is 2.21. The highest BCUT2D eigenvalue weighted by Gasteiger charge is 2.28. The molecule has 7 heteroatoms. The Labute approximate surface area is 124 Å². The lowest BCUT2D eigenvalue weighted by molar-refractivity contribution is -0.134. The summed E-state index contributed by atoms with van der Waals surface area (Å²) < 4.78 is 1.85. The summed E-state index contributed by atoms with van der Waals surface area (Å²) in [6, 6.07) is 4.82. The monoisotopic (exact) mass is 303 g/mol. The van der Waals surface area contributed by atoms with Crippen molar-refractivity contribution < 1.29 is 14.4 Å². The number of nitrogens with zero attached hydrogens (tertiary/aromatic N) is 1. The van der Waals surface area contributed by atoms with Gasteiger partial charge in [0.15, 0.2) is 0 Å². The molecule has 0 aliphatic carbocycles. The number of imide groups is 1. The largest absolute Gasteiger partial charge is 0.340 e. The molecule has 2 aromatic heterocycles. The Balaban J connectivity index is 1.76. The summed E-state index contributed by atoms with van der Waals surface area (Å²) in [5.41, 5.74) is 0.515. The SMILES string of the molecule is O=C1CCC(NC(=O)c2ccsc2-n2cccc2)C(=O)N1. The minimum absolute atomic E-state index is 0.241. The van der Waals surface area contributed by atoms with E-state index in [-0.39, 0.29) is 18.2 Å². The number of nitrogens with one attached hydrogen (secondary N) is 2. The fourth-order valence-corrected chi connectivity index (χ4v) is 3.08. The Morgan fingerprint density at radius 2 is 2.10 bits per heavy atom. The maximum Gasteiger partial charge on any atom is 0.254 e. The van der Waals surface area contributed by atoms with E-state index in [1.54, 1.807) is 6.07 Å². The first kappa shape index (κ1) is 13.6. The zero-order valence-electron chi connectivity index (χ0n) is 11.0. The smallest absolute Gasteiger partial charge is 0.254 e. The van der Waals surface area contributed by atoms with E-state index in [9.17, 15) is 14.4 Å². The van der Waals surface area contributed by atoms with E-state index in [4.69, 9.17) is 0 Å². The summed E-state index contributed by atoms with van der Waals surface area (Å²) in [4.78, 5) is 35.1. The van der Waals surface area contributed by atoms with Crippen molar-refractivity contribution in [3.63, 3.8) is 0 Å². The molecule has 2 aromatic rings. The topological polar surface area (TPSA) is 80.2 Å². The quantitative estimate of drug-likeness (QED) is 0.833. The van der Waals surface area contributed by atoms with E-state index >= 15 is 0 Å².